The van der Waals surface area contributed by atoms with Crippen molar-refractivity contribution in [2.24, 2.45) is 10.8 Å². The third kappa shape index (κ3) is 6.02. The number of hydrogen-bond donors (Lipinski definition) is 0. The average Bonchev–Trinajstić information content (AvgIpc) is 3.62. The summed E-state index contributed by atoms with van der Waals surface area (Å²) in [6.07, 6.45) is 6.60. The summed E-state index contributed by atoms with van der Waals surface area (Å²) >= 11 is -2.71. The smallest absolute Gasteiger partial charge is 1.00 e. The maximum Gasteiger partial charge on any atom is -1.00 e. The minimum absolute atomic E-state index is 0. The molecule has 0 saturated carbocycles. The fraction of sp³-hybridized carbons (Fsp3) is 0.349. The van der Waals surface area contributed by atoms with Crippen molar-refractivity contribution in [2.45, 2.75) is 65.9 Å². The van der Waals surface area contributed by atoms with Crippen molar-refractivity contribution in [1.29, 1.82) is 0 Å². The number of ether oxygens (including phenoxy) is 2. The maximum atomic E-state index is 5.50. The van der Waals surface area contributed by atoms with Crippen molar-refractivity contribution >= 4 is 12.2 Å². The van der Waals surface area contributed by atoms with Crippen LogP contribution >= 0.6 is 0 Å². The van der Waals surface area contributed by atoms with Crippen LogP contribution in [0.3, 0.4) is 0 Å². The molecule has 5 heteroatoms. The Balaban J connectivity index is 0.00000225. The first-order valence-corrected chi connectivity index (χ1v) is 21.0. The second-order valence-electron chi connectivity index (χ2n) is 15.7. The molecule has 1 aliphatic heterocycles. The molecular weight excluding hydrogens is 667 g/mol. The van der Waals surface area contributed by atoms with E-state index in [4.69, 9.17) is 9.47 Å². The van der Waals surface area contributed by atoms with E-state index >= 15 is 0 Å². The first-order chi connectivity index (χ1) is 22.0. The van der Waals surface area contributed by atoms with Crippen LogP contribution in [0.4, 0.5) is 0 Å². The Bertz CT molecular complexity index is 1720. The molecule has 7 rings (SSSR count). The molecule has 4 aromatic rings. The molecule has 2 atom stereocenters. The zero-order valence-electron chi connectivity index (χ0n) is 29.6. The van der Waals surface area contributed by atoms with E-state index in [1.54, 1.807) is 36.5 Å². The van der Waals surface area contributed by atoms with Crippen LogP contribution in [0.1, 0.15) is 78.7 Å². The maximum absolute atomic E-state index is 5.50. The Morgan fingerprint density at radius 1 is 0.542 bits per heavy atom. The Labute approximate surface area is 304 Å². The van der Waals surface area contributed by atoms with Crippen LogP contribution in [-0.4, -0.2) is 14.2 Å². The van der Waals surface area contributed by atoms with Gasteiger partial charge in [0, 0.05) is 0 Å². The molecule has 250 valence electrons. The number of methoxy groups -OCH3 is 2. The number of hydrogen-bond acceptors (Lipinski definition) is 2. The zero-order chi connectivity index (χ0) is 32.4. The average molecular weight is 716 g/mol. The van der Waals surface area contributed by atoms with Crippen molar-refractivity contribution in [3.8, 4) is 33.8 Å². The summed E-state index contributed by atoms with van der Waals surface area (Å²) < 4.78 is 14.9. The second-order valence-corrected chi connectivity index (χ2v) is 22.9. The number of fused-ring (bicyclic) bond motifs is 2. The standard InChI is InChI=1S/2C20H21O.C3H6.2ClH.Ti/c2*1-20(2,3)16-12-15-6-5-7-18(19(15)13-16)14-8-10-17(21-4)11-9-14;1-3-2;;;/h2*5-13H,1-4H3;1-3H2;2*1H;/q;;;;;+2/p-2. The van der Waals surface area contributed by atoms with Crippen LogP contribution in [0.25, 0.3) is 34.4 Å². The summed E-state index contributed by atoms with van der Waals surface area (Å²) in [6.45, 7) is 14.7. The first-order valence-electron chi connectivity index (χ1n) is 16.9. The van der Waals surface area contributed by atoms with Gasteiger partial charge in [-0.2, -0.15) is 0 Å². The predicted octanol–water partition coefficient (Wildman–Crippen LogP) is 6.11. The van der Waals surface area contributed by atoms with E-state index in [0.717, 1.165) is 11.5 Å². The monoisotopic (exact) mass is 714 g/mol. The zero-order valence-corrected chi connectivity index (χ0v) is 32.7. The van der Waals surface area contributed by atoms with Gasteiger partial charge in [-0.25, -0.2) is 0 Å². The van der Waals surface area contributed by atoms with Gasteiger partial charge < -0.3 is 24.8 Å². The molecule has 1 saturated heterocycles. The first kappa shape index (κ1) is 36.5. The molecule has 2 aliphatic carbocycles. The van der Waals surface area contributed by atoms with Gasteiger partial charge >= 0.3 is 281 Å². The Morgan fingerprint density at radius 3 is 1.21 bits per heavy atom. The molecule has 0 spiro atoms. The van der Waals surface area contributed by atoms with E-state index in [-0.39, 0.29) is 35.6 Å². The summed E-state index contributed by atoms with van der Waals surface area (Å²) in [7, 11) is 3.48. The molecule has 0 radical (unpaired) electrons. The molecule has 0 bridgehead atoms. The van der Waals surface area contributed by atoms with Crippen LogP contribution in [-0.2, 0) is 16.6 Å². The Morgan fingerprint density at radius 2 is 0.917 bits per heavy atom. The Kier molecular flexibility index (Phi) is 10.3. The quantitative estimate of drug-likeness (QED) is 0.225. The molecule has 4 aromatic carbocycles. The molecule has 2 nitrogen and oxygen atoms in total. The number of rotatable bonds is 6. The third-order valence-electron chi connectivity index (χ3n) is 11.1. The third-order valence-corrected chi connectivity index (χ3v) is 20.6. The summed E-state index contributed by atoms with van der Waals surface area (Å²) in [4.78, 5) is 0. The van der Waals surface area contributed by atoms with Gasteiger partial charge in [0.05, 0.1) is 0 Å². The van der Waals surface area contributed by atoms with Crippen molar-refractivity contribution in [2.75, 3.05) is 14.2 Å². The largest absolute Gasteiger partial charge is 1.00 e. The summed E-state index contributed by atoms with van der Waals surface area (Å²) in [6, 6.07) is 31.5. The van der Waals surface area contributed by atoms with Crippen molar-refractivity contribution in [3.63, 3.8) is 0 Å². The van der Waals surface area contributed by atoms with E-state index in [0.29, 0.717) is 8.45 Å². The molecular formula is C43H48Cl2O2Ti. The minimum Gasteiger partial charge on any atom is -1.00 e. The van der Waals surface area contributed by atoms with Crippen molar-refractivity contribution in [1.82, 2.24) is 0 Å². The van der Waals surface area contributed by atoms with Gasteiger partial charge in [0.15, 0.2) is 0 Å². The van der Waals surface area contributed by atoms with Gasteiger partial charge in [0.1, 0.15) is 0 Å². The number of benzene rings is 4. The van der Waals surface area contributed by atoms with E-state index in [1.807, 2.05) is 0 Å². The Hall–Kier alpha value is -2.75. The van der Waals surface area contributed by atoms with Crippen molar-refractivity contribution < 1.29 is 50.9 Å². The summed E-state index contributed by atoms with van der Waals surface area (Å²) in [5.74, 6) is 1.80. The summed E-state index contributed by atoms with van der Waals surface area (Å²) in [5, 5.41) is 0. The van der Waals surface area contributed by atoms with E-state index in [1.165, 1.54) is 49.3 Å². The van der Waals surface area contributed by atoms with E-state index in [2.05, 4.69) is 139 Å². The van der Waals surface area contributed by atoms with Crippen LogP contribution < -0.4 is 34.3 Å². The van der Waals surface area contributed by atoms with Gasteiger partial charge in [0.2, 0.25) is 0 Å². The van der Waals surface area contributed by atoms with Crippen LogP contribution in [0, 0.1) is 10.8 Å². The van der Waals surface area contributed by atoms with Gasteiger partial charge in [-0.1, -0.05) is 0 Å². The van der Waals surface area contributed by atoms with Crippen molar-refractivity contribution in [3.05, 3.63) is 118 Å². The van der Waals surface area contributed by atoms with Crippen LogP contribution in [0.2, 0.25) is 9.45 Å². The van der Waals surface area contributed by atoms with Gasteiger partial charge in [0.25, 0.3) is 0 Å². The van der Waals surface area contributed by atoms with E-state index in [9.17, 15) is 0 Å². The molecule has 2 unspecified atom stereocenters. The van der Waals surface area contributed by atoms with E-state index < -0.39 is 16.6 Å². The van der Waals surface area contributed by atoms with Gasteiger partial charge in [-0.3, -0.25) is 0 Å². The molecule has 1 fully saturated rings. The normalized spacial score (nSPS) is 18.4. The molecule has 3 aliphatic rings. The van der Waals surface area contributed by atoms with Gasteiger partial charge in [-0.05, 0) is 0 Å². The second kappa shape index (κ2) is 13.5. The fourth-order valence-electron chi connectivity index (χ4n) is 8.72. The number of allylic oxidation sites excluding steroid dienone is 2. The van der Waals surface area contributed by atoms with Crippen LogP contribution in [0.5, 0.6) is 11.5 Å². The molecule has 0 aromatic heterocycles. The van der Waals surface area contributed by atoms with Gasteiger partial charge in [-0.15, -0.1) is 0 Å². The summed E-state index contributed by atoms with van der Waals surface area (Å²) in [5.41, 5.74) is 14.8. The molecule has 48 heavy (non-hydrogen) atoms. The van der Waals surface area contributed by atoms with Crippen LogP contribution in [0.15, 0.2) is 96.1 Å². The molecule has 0 amide bonds. The predicted molar refractivity (Wildman–Crippen MR) is 191 cm³/mol. The molecule has 1 heterocycles. The topological polar surface area (TPSA) is 18.5 Å². The molecule has 0 N–H and O–H groups in total. The SMILES string of the molecule is COc1ccc(-c2cccc3c2C=C(C(C)(C)C)[CH]3[Ti+2]2([CH]3C(C(C)(C)C)=Cc4c(-c5ccc(OC)cc5)cccc43)[CH2]C[CH2]2)cc1.[Cl-].[Cl-]. The number of halogens is 2. The minimum atomic E-state index is -2.71. The fourth-order valence-corrected chi connectivity index (χ4v) is 19.1.